The number of rotatable bonds is 3. The second-order valence-electron chi connectivity index (χ2n) is 4.00. The zero-order valence-electron chi connectivity index (χ0n) is 9.34. The van der Waals surface area contributed by atoms with E-state index in [0.717, 1.165) is 11.1 Å². The van der Waals surface area contributed by atoms with Gasteiger partial charge in [-0.15, -0.1) is 0 Å². The Morgan fingerprint density at radius 3 is 2.33 bits per heavy atom. The smallest absolute Gasteiger partial charge is 0.123 e. The van der Waals surface area contributed by atoms with Crippen LogP contribution in [0.15, 0.2) is 42.5 Å². The largest absolute Gasteiger partial charge is 0.207 e. The van der Waals surface area contributed by atoms with Crippen LogP contribution in [0.5, 0.6) is 0 Å². The maximum atomic E-state index is 13.1. The fourth-order valence-electron chi connectivity index (χ4n) is 1.74. The van der Waals surface area contributed by atoms with E-state index >= 15 is 0 Å². The Labute approximate surface area is 124 Å². The molecule has 2 aromatic rings. The van der Waals surface area contributed by atoms with E-state index in [9.17, 15) is 4.39 Å². The monoisotopic (exact) mass is 346 g/mol. The molecule has 0 amide bonds. The van der Waals surface area contributed by atoms with Crippen LogP contribution in [-0.4, -0.2) is 0 Å². The number of alkyl halides is 1. The minimum Gasteiger partial charge on any atom is -0.207 e. The summed E-state index contributed by atoms with van der Waals surface area (Å²) in [5, 5.41) is 1.20. The third-order valence-corrected chi connectivity index (χ3v) is 3.84. The van der Waals surface area contributed by atoms with Crippen molar-refractivity contribution >= 4 is 39.1 Å². The van der Waals surface area contributed by atoms with Crippen LogP contribution >= 0.6 is 39.1 Å². The molecule has 0 fully saturated rings. The summed E-state index contributed by atoms with van der Waals surface area (Å²) in [7, 11) is 0. The Hall–Kier alpha value is -0.570. The first-order valence-corrected chi connectivity index (χ1v) is 7.06. The zero-order valence-corrected chi connectivity index (χ0v) is 12.4. The molecule has 2 aromatic carbocycles. The molecule has 0 aliphatic rings. The van der Waals surface area contributed by atoms with Crippen molar-refractivity contribution in [2.45, 2.75) is 11.2 Å². The highest BCUT2D eigenvalue weighted by Crippen LogP contribution is 2.31. The fourth-order valence-corrected chi connectivity index (χ4v) is 2.93. The van der Waals surface area contributed by atoms with Crippen LogP contribution in [0, 0.1) is 5.82 Å². The molecule has 0 saturated carbocycles. The highest BCUT2D eigenvalue weighted by molar-refractivity contribution is 9.09. The topological polar surface area (TPSA) is 0 Å². The molecule has 4 heteroatoms. The zero-order chi connectivity index (χ0) is 13.1. The second kappa shape index (κ2) is 6.05. The molecule has 2 rings (SSSR count). The molecular weight excluding hydrogens is 338 g/mol. The molecule has 18 heavy (non-hydrogen) atoms. The summed E-state index contributed by atoms with van der Waals surface area (Å²) in [5.74, 6) is -0.226. The first-order valence-electron chi connectivity index (χ1n) is 5.39. The van der Waals surface area contributed by atoms with Gasteiger partial charge in [-0.25, -0.2) is 4.39 Å². The molecule has 94 valence electrons. The van der Waals surface area contributed by atoms with E-state index < -0.39 is 0 Å². The van der Waals surface area contributed by atoms with Crippen LogP contribution < -0.4 is 0 Å². The van der Waals surface area contributed by atoms with Gasteiger partial charge >= 0.3 is 0 Å². The van der Waals surface area contributed by atoms with Crippen molar-refractivity contribution in [1.82, 2.24) is 0 Å². The van der Waals surface area contributed by atoms with Gasteiger partial charge in [0.25, 0.3) is 0 Å². The summed E-state index contributed by atoms with van der Waals surface area (Å²) < 4.78 is 13.1. The number of benzene rings is 2. The maximum absolute atomic E-state index is 13.1. The average Bonchev–Trinajstić information content (AvgIpc) is 2.27. The van der Waals surface area contributed by atoms with Crippen molar-refractivity contribution < 1.29 is 4.39 Å². The van der Waals surface area contributed by atoms with Crippen LogP contribution in [0.1, 0.15) is 16.0 Å². The third-order valence-electron chi connectivity index (χ3n) is 2.55. The molecular formula is C14H10BrCl2F. The van der Waals surface area contributed by atoms with Crippen molar-refractivity contribution in [3.05, 3.63) is 69.5 Å². The average molecular weight is 348 g/mol. The Morgan fingerprint density at radius 1 is 1.06 bits per heavy atom. The summed E-state index contributed by atoms with van der Waals surface area (Å²) in [5.41, 5.74) is 1.91. The summed E-state index contributed by atoms with van der Waals surface area (Å²) in [6.07, 6.45) is 0.675. The van der Waals surface area contributed by atoms with Gasteiger partial charge in [-0.1, -0.05) is 51.3 Å². The first kappa shape index (κ1) is 13.9. The van der Waals surface area contributed by atoms with Gasteiger partial charge in [-0.3, -0.25) is 0 Å². The summed E-state index contributed by atoms with van der Waals surface area (Å²) in [6, 6.07) is 12.0. The lowest BCUT2D eigenvalue weighted by atomic mass is 10.0. The van der Waals surface area contributed by atoms with Gasteiger partial charge in [0, 0.05) is 14.9 Å². The van der Waals surface area contributed by atoms with Gasteiger partial charge in [0.2, 0.25) is 0 Å². The van der Waals surface area contributed by atoms with Crippen LogP contribution in [0.25, 0.3) is 0 Å². The van der Waals surface area contributed by atoms with Crippen LogP contribution in [0.4, 0.5) is 4.39 Å². The van der Waals surface area contributed by atoms with Gasteiger partial charge in [0.05, 0.1) is 0 Å². The Morgan fingerprint density at radius 2 is 1.72 bits per heavy atom. The van der Waals surface area contributed by atoms with E-state index in [1.807, 2.05) is 18.2 Å². The van der Waals surface area contributed by atoms with E-state index in [1.54, 1.807) is 12.1 Å². The molecule has 1 atom stereocenters. The molecule has 0 nitrogen and oxygen atoms in total. The molecule has 0 radical (unpaired) electrons. The molecule has 0 N–H and O–H groups in total. The number of hydrogen-bond donors (Lipinski definition) is 0. The van der Waals surface area contributed by atoms with Crippen molar-refractivity contribution in [1.29, 1.82) is 0 Å². The van der Waals surface area contributed by atoms with Crippen molar-refractivity contribution in [2.75, 3.05) is 0 Å². The first-order chi connectivity index (χ1) is 8.54. The highest BCUT2D eigenvalue weighted by Gasteiger charge is 2.10. The van der Waals surface area contributed by atoms with Gasteiger partial charge in [-0.05, 0) is 47.9 Å². The maximum Gasteiger partial charge on any atom is 0.123 e. The van der Waals surface area contributed by atoms with Crippen LogP contribution in [-0.2, 0) is 6.42 Å². The Bertz CT molecular complexity index is 537. The number of halogens is 4. The minimum atomic E-state index is -0.226. The van der Waals surface area contributed by atoms with Gasteiger partial charge in [0.15, 0.2) is 0 Å². The lowest BCUT2D eigenvalue weighted by Gasteiger charge is -2.11. The van der Waals surface area contributed by atoms with E-state index in [2.05, 4.69) is 15.9 Å². The molecule has 1 unspecified atom stereocenters. The lowest BCUT2D eigenvalue weighted by Crippen LogP contribution is -1.96. The van der Waals surface area contributed by atoms with Crippen LogP contribution in [0.2, 0.25) is 10.0 Å². The summed E-state index contributed by atoms with van der Waals surface area (Å²) >= 11 is 15.5. The number of hydrogen-bond acceptors (Lipinski definition) is 0. The molecule has 0 heterocycles. The van der Waals surface area contributed by atoms with E-state index in [0.29, 0.717) is 16.5 Å². The van der Waals surface area contributed by atoms with Gasteiger partial charge in [-0.2, -0.15) is 0 Å². The molecule has 0 bridgehead atoms. The van der Waals surface area contributed by atoms with Gasteiger partial charge < -0.3 is 0 Å². The van der Waals surface area contributed by atoms with Crippen molar-refractivity contribution in [2.24, 2.45) is 0 Å². The molecule has 0 aromatic heterocycles. The Kier molecular flexibility index (Phi) is 4.66. The minimum absolute atomic E-state index is 0.0514. The summed E-state index contributed by atoms with van der Waals surface area (Å²) in [6.45, 7) is 0. The predicted molar refractivity (Wildman–Crippen MR) is 78.2 cm³/mol. The van der Waals surface area contributed by atoms with Crippen molar-refractivity contribution in [3.8, 4) is 0 Å². The third kappa shape index (κ3) is 3.71. The SMILES string of the molecule is Fc1cccc(CC(Br)c2cc(Cl)cc(Cl)c2)c1. The van der Waals surface area contributed by atoms with Crippen molar-refractivity contribution in [3.63, 3.8) is 0 Å². The lowest BCUT2D eigenvalue weighted by molar-refractivity contribution is 0.625. The summed E-state index contributed by atoms with van der Waals surface area (Å²) in [4.78, 5) is 0.0514. The normalized spacial score (nSPS) is 12.4. The predicted octanol–water partition coefficient (Wildman–Crippen LogP) is 5.81. The van der Waals surface area contributed by atoms with E-state index in [4.69, 9.17) is 23.2 Å². The fraction of sp³-hybridized carbons (Fsp3) is 0.143. The van der Waals surface area contributed by atoms with Gasteiger partial charge in [0.1, 0.15) is 5.82 Å². The Balaban J connectivity index is 2.19. The molecule has 0 aliphatic carbocycles. The molecule has 0 aliphatic heterocycles. The van der Waals surface area contributed by atoms with Crippen LogP contribution in [0.3, 0.4) is 0 Å². The second-order valence-corrected chi connectivity index (χ2v) is 5.98. The standard InChI is InChI=1S/C14H10BrCl2F/c15-14(5-9-2-1-3-13(18)4-9)10-6-11(16)8-12(17)7-10/h1-4,6-8,14H,5H2. The van der Waals surface area contributed by atoms with E-state index in [1.165, 1.54) is 12.1 Å². The molecule has 0 saturated heterocycles. The quantitative estimate of drug-likeness (QED) is 0.614. The highest BCUT2D eigenvalue weighted by atomic mass is 79.9. The van der Waals surface area contributed by atoms with E-state index in [-0.39, 0.29) is 10.6 Å². The molecule has 0 spiro atoms.